The molecule has 30 aromatic rings. The van der Waals surface area contributed by atoms with Crippen LogP contribution < -0.4 is 5.32 Å². The van der Waals surface area contributed by atoms with E-state index in [1.54, 1.807) is 64.6 Å². The maximum absolute atomic E-state index is 17.4. The topological polar surface area (TPSA) is 38.3 Å². The monoisotopic (exact) mass is 1020 g/mol. The van der Waals surface area contributed by atoms with Crippen LogP contribution in [0.25, 0.3) is 291 Å². The average molecular weight is 1020 g/mol. The largest absolute Gasteiger partial charge is 0.459 e. The van der Waals surface area contributed by atoms with Crippen molar-refractivity contribution in [3.05, 3.63) is 94.0 Å². The molecule has 1 atom stereocenters. The van der Waals surface area contributed by atoms with Crippen LogP contribution in [0.15, 0.2) is 60.7 Å². The molecule has 3 heteroatoms. The number of carbonyl (C=O) groups excluding carboxylic acids is 1. The molecule has 0 saturated carbocycles. The molecule has 0 fully saturated rings. The summed E-state index contributed by atoms with van der Waals surface area (Å²) in [5.41, 5.74) is 4.01. The van der Waals surface area contributed by atoms with Gasteiger partial charge in [0, 0.05) is 5.92 Å². The molecule has 0 bridgehead atoms. The van der Waals surface area contributed by atoms with Crippen molar-refractivity contribution >= 4 is 297 Å². The van der Waals surface area contributed by atoms with E-state index in [1.807, 2.05) is 81.4 Å². The van der Waals surface area contributed by atoms with Gasteiger partial charge in [-0.05, 0) is 345 Å². The zero-order chi connectivity index (χ0) is 52.3. The number of hydrogen-bond acceptors (Lipinski definition) is 3. The first-order valence-electron chi connectivity index (χ1n) is 31.0. The zero-order valence-electron chi connectivity index (χ0n) is 45.2. The highest BCUT2D eigenvalue weighted by Gasteiger charge is 2.67. The van der Waals surface area contributed by atoms with Crippen molar-refractivity contribution in [3.8, 4) is 0 Å². The SMILES string of the molecule is [2H]C(NC([2H])(C(=O)OC(C)(C)C)C12c3c4c5c6c7c8c(c9c%10c1c1c3c3c%11c4c4c5c5c7c7c%12c8c8c9c9c%10c%10c1c1c3c3c%11c%11c4c4c5c7c5c7c%12c8c8c9c9c%10c1c1c3c3c%11c4c5c4c7c8c9c1c34)C62)(c1ccccc1)c1ccccc1. The summed E-state index contributed by atoms with van der Waals surface area (Å²) in [7, 11) is 0. The Morgan fingerprint density at radius 3 is 0.805 bits per heavy atom. The molecule has 0 spiro atoms. The minimum absolute atomic E-state index is 0.448. The average Bonchev–Trinajstić information content (AvgIpc) is 1.39. The van der Waals surface area contributed by atoms with Crippen LogP contribution in [-0.4, -0.2) is 17.6 Å². The number of esters is 1. The predicted octanol–water partition coefficient (Wildman–Crippen LogP) is 20.2. The smallest absolute Gasteiger partial charge is 0.325 e. The van der Waals surface area contributed by atoms with Gasteiger partial charge in [0.2, 0.25) is 0 Å². The first-order valence-corrected chi connectivity index (χ1v) is 30.0. The summed E-state index contributed by atoms with van der Waals surface area (Å²) in [6.45, 7) is 5.92. The van der Waals surface area contributed by atoms with Crippen molar-refractivity contribution in [1.29, 1.82) is 0 Å². The van der Waals surface area contributed by atoms with Gasteiger partial charge in [0.25, 0.3) is 0 Å². The Kier molecular flexibility index (Phi) is 3.29. The molecule has 34 rings (SSSR count). The van der Waals surface area contributed by atoms with Gasteiger partial charge in [-0.2, -0.15) is 0 Å². The van der Waals surface area contributed by atoms with E-state index in [-0.39, 0.29) is 0 Å². The lowest BCUT2D eigenvalue weighted by molar-refractivity contribution is -0.159. The van der Waals surface area contributed by atoms with Crippen molar-refractivity contribution in [2.75, 3.05) is 0 Å². The summed E-state index contributed by atoms with van der Waals surface area (Å²) in [5.74, 6) is -1.06. The van der Waals surface area contributed by atoms with Crippen LogP contribution in [0.5, 0.6) is 0 Å². The lowest BCUT2D eigenvalue weighted by atomic mass is 9.54. The Bertz CT molecular complexity index is 7830. The van der Waals surface area contributed by atoms with Gasteiger partial charge >= 0.3 is 5.97 Å². The van der Waals surface area contributed by atoms with Gasteiger partial charge in [-0.3, -0.25) is 10.1 Å². The third-order valence-corrected chi connectivity index (χ3v) is 26.5. The minimum atomic E-state index is -2.32. The number of ether oxygens (including phenoxy) is 1. The fourth-order valence-electron chi connectivity index (χ4n) is 25.9. The molecule has 1 N–H and O–H groups in total. The molecule has 30 aromatic carbocycles. The van der Waals surface area contributed by atoms with Crippen LogP contribution in [0.2, 0.25) is 0 Å². The fourth-order valence-corrected chi connectivity index (χ4v) is 25.9. The molecule has 0 amide bonds. The highest BCUT2D eigenvalue weighted by molar-refractivity contribution is 6.82. The van der Waals surface area contributed by atoms with E-state index in [0.717, 1.165) is 0 Å². The molecule has 1 unspecified atom stereocenters. The van der Waals surface area contributed by atoms with Crippen molar-refractivity contribution < 1.29 is 12.3 Å². The first-order chi connectivity index (χ1) is 41.2. The normalized spacial score (nSPS) is 20.8. The quantitative estimate of drug-likeness (QED) is 0.133. The van der Waals surface area contributed by atoms with Crippen molar-refractivity contribution in [3.63, 3.8) is 0 Å². The molecule has 0 heterocycles. The first kappa shape index (κ1) is 32.6. The standard InChI is InChI=1S/C79H23NO2/c1-78(2,3)82-77(81)76(80-75(14-10-6-4-7-11-14)15-12-8-5-9-13-15)79-72-68-62-48-40-32-20-17-16-18-21(20)33-35-31-25(18)27-23-19(16)22-26-24(17)30-34(32)46(48)54-52-38(30)36(26)44-42-28(22)29(23)43-45-37(27)39(31)53-55-47(35)49(41(33)40)63(62)69(72)65(55)67-59(53)57(45)61-51(43)50(42)60-56(44)58(52)66(64(54)68)73(79)70(60)71(61)74(67)79/h4-13,72,75-76,80H,1-3H3/i75D,76D. The van der Waals surface area contributed by atoms with Crippen LogP contribution in [0.1, 0.15) is 68.8 Å². The van der Waals surface area contributed by atoms with E-state index in [0.29, 0.717) is 11.1 Å². The summed E-state index contributed by atoms with van der Waals surface area (Å²) in [6, 6.07) is 16.0. The van der Waals surface area contributed by atoms with E-state index in [2.05, 4.69) is 5.32 Å². The molecule has 0 radical (unpaired) electrons. The Morgan fingerprint density at radius 2 is 0.561 bits per heavy atom. The van der Waals surface area contributed by atoms with Gasteiger partial charge in [-0.15, -0.1) is 0 Å². The molecule has 4 aliphatic carbocycles. The number of benzene rings is 20. The summed E-state index contributed by atoms with van der Waals surface area (Å²) >= 11 is 0. The molecule has 0 aromatic heterocycles. The summed E-state index contributed by atoms with van der Waals surface area (Å²) in [6.07, 6.45) is 0. The second-order valence-corrected chi connectivity index (χ2v) is 29.2. The molecule has 356 valence electrons. The second kappa shape index (κ2) is 8.29. The summed E-state index contributed by atoms with van der Waals surface area (Å²) in [4.78, 5) is 17.4. The van der Waals surface area contributed by atoms with E-state index >= 15 is 4.79 Å². The molecular weight excluding hydrogens is 995 g/mol. The molecule has 0 saturated heterocycles. The summed E-state index contributed by atoms with van der Waals surface area (Å²) < 4.78 is 31.3. The molecule has 0 aliphatic heterocycles. The van der Waals surface area contributed by atoms with E-state index in [1.165, 1.54) is 248 Å². The van der Waals surface area contributed by atoms with Crippen molar-refractivity contribution in [1.82, 2.24) is 5.32 Å². The molecule has 82 heavy (non-hydrogen) atoms. The number of carbonyl (C=O) groups is 1. The third kappa shape index (κ3) is 2.12. The maximum atomic E-state index is 17.4. The minimum Gasteiger partial charge on any atom is -0.459 e. The van der Waals surface area contributed by atoms with E-state index in [4.69, 9.17) is 4.74 Å². The van der Waals surface area contributed by atoms with E-state index < -0.39 is 34.9 Å². The van der Waals surface area contributed by atoms with Crippen LogP contribution >= 0.6 is 0 Å². The van der Waals surface area contributed by atoms with Gasteiger partial charge in [0.1, 0.15) is 11.6 Å². The Labute approximate surface area is 455 Å². The lowest BCUT2D eigenvalue weighted by Gasteiger charge is -2.50. The van der Waals surface area contributed by atoms with Crippen LogP contribution in [0.4, 0.5) is 0 Å². The second-order valence-electron chi connectivity index (χ2n) is 29.2. The highest BCUT2D eigenvalue weighted by Crippen LogP contribution is 2.84. The van der Waals surface area contributed by atoms with Gasteiger partial charge in [0.05, 0.1) is 14.2 Å². The number of hydrogen-bond donors (Lipinski definition) is 1. The number of rotatable bonds is 6. The summed E-state index contributed by atoms with van der Waals surface area (Å²) in [5, 5.41) is 83.4. The van der Waals surface area contributed by atoms with Crippen molar-refractivity contribution in [2.24, 2.45) is 0 Å². The maximum Gasteiger partial charge on any atom is 0.325 e. The number of nitrogens with one attached hydrogen (secondary N) is 1. The van der Waals surface area contributed by atoms with Crippen LogP contribution in [-0.2, 0) is 14.9 Å². The van der Waals surface area contributed by atoms with Crippen LogP contribution in [0, 0.1) is 0 Å². The van der Waals surface area contributed by atoms with Crippen molar-refractivity contribution in [2.45, 2.75) is 49.7 Å². The molecule has 4 aliphatic rings. The highest BCUT2D eigenvalue weighted by atomic mass is 16.6. The Hall–Kier alpha value is -9.67. The van der Waals surface area contributed by atoms with Gasteiger partial charge in [-0.1, -0.05) is 60.7 Å². The molecule has 3 nitrogen and oxygen atoms in total. The Morgan fingerprint density at radius 1 is 0.354 bits per heavy atom. The van der Waals surface area contributed by atoms with Crippen LogP contribution in [0.3, 0.4) is 0 Å². The van der Waals surface area contributed by atoms with Gasteiger partial charge in [-0.25, -0.2) is 0 Å². The van der Waals surface area contributed by atoms with Gasteiger partial charge in [0.15, 0.2) is 0 Å². The predicted molar refractivity (Wildman–Crippen MR) is 342 cm³/mol. The fraction of sp³-hybridized carbons (Fsp3) is 0.101. The lowest BCUT2D eigenvalue weighted by Crippen LogP contribution is -2.59. The molecular formula is C79H23NO2. The zero-order valence-corrected chi connectivity index (χ0v) is 43.2. The third-order valence-electron chi connectivity index (χ3n) is 26.5. The van der Waals surface area contributed by atoms with Gasteiger partial charge < -0.3 is 4.74 Å². The Balaban J connectivity index is 1.01. The van der Waals surface area contributed by atoms with E-state index in [9.17, 15) is 2.74 Å².